The number of benzene rings is 1. The molecule has 5 rings (SSSR count). The summed E-state index contributed by atoms with van der Waals surface area (Å²) in [5.41, 5.74) is 4.44. The van der Waals surface area contributed by atoms with Gasteiger partial charge < -0.3 is 4.90 Å². The maximum absolute atomic E-state index is 2.64. The molecule has 0 unspecified atom stereocenters. The van der Waals surface area contributed by atoms with Crippen LogP contribution in [0.2, 0.25) is 0 Å². The van der Waals surface area contributed by atoms with Crippen LogP contribution in [-0.2, 0) is 5.41 Å². The molecule has 2 saturated carbocycles. The third-order valence-electron chi connectivity index (χ3n) is 9.45. The lowest BCUT2D eigenvalue weighted by molar-refractivity contribution is -0.517. The zero-order valence-electron chi connectivity index (χ0n) is 23.0. The molecule has 0 amide bonds. The predicted molar refractivity (Wildman–Crippen MR) is 158 cm³/mol. The van der Waals surface area contributed by atoms with Crippen LogP contribution in [0.1, 0.15) is 103 Å². The number of anilines is 1. The van der Waals surface area contributed by atoms with Crippen LogP contribution in [0.15, 0.2) is 48.2 Å². The number of unbranched alkanes of at least 4 members (excludes halogenated alkanes) is 1. The first-order chi connectivity index (χ1) is 17.6. The van der Waals surface area contributed by atoms with E-state index in [-0.39, 0.29) is 5.41 Å². The molecule has 36 heavy (non-hydrogen) atoms. The number of nitrogens with zero attached hydrogens (tertiary/aromatic N) is 2. The molecule has 1 aromatic rings. The minimum atomic E-state index is 0.0564. The van der Waals surface area contributed by atoms with Gasteiger partial charge in [0.15, 0.2) is 6.54 Å². The fourth-order valence-corrected chi connectivity index (χ4v) is 8.37. The Morgan fingerprint density at radius 3 is 2.39 bits per heavy atom. The molecule has 2 heterocycles. The van der Waals surface area contributed by atoms with Gasteiger partial charge in [0.1, 0.15) is 6.54 Å². The SMILES string of the molecule is CC1(C)/C(=C\C=C\C2=[N+](CCCC3CCCC3)CCS2)N(CCCCC2CCCC2)c2ccccc21. The van der Waals surface area contributed by atoms with E-state index < -0.39 is 0 Å². The van der Waals surface area contributed by atoms with Gasteiger partial charge >= 0.3 is 0 Å². The molecule has 0 bridgehead atoms. The first-order valence-corrected chi connectivity index (χ1v) is 16.1. The molecule has 3 heteroatoms. The first kappa shape index (κ1) is 26.1. The second kappa shape index (κ2) is 12.4. The molecule has 0 aromatic heterocycles. The average Bonchev–Trinajstić information content (AvgIpc) is 3.68. The smallest absolute Gasteiger partial charge is 0.234 e. The van der Waals surface area contributed by atoms with Crippen LogP contribution >= 0.6 is 11.8 Å². The number of hydrogen-bond acceptors (Lipinski definition) is 2. The summed E-state index contributed by atoms with van der Waals surface area (Å²) in [6.45, 7) is 8.43. The highest BCUT2D eigenvalue weighted by molar-refractivity contribution is 8.14. The van der Waals surface area contributed by atoms with Crippen LogP contribution in [0.3, 0.4) is 0 Å². The minimum Gasteiger partial charge on any atom is -0.344 e. The number of para-hydroxylation sites is 1. The third-order valence-corrected chi connectivity index (χ3v) is 10.5. The maximum Gasteiger partial charge on any atom is 0.234 e. The van der Waals surface area contributed by atoms with Gasteiger partial charge in [0.25, 0.3) is 0 Å². The Kier molecular flexibility index (Phi) is 8.99. The molecule has 0 saturated heterocycles. The van der Waals surface area contributed by atoms with Crippen LogP contribution in [0.4, 0.5) is 5.69 Å². The van der Waals surface area contributed by atoms with Crippen molar-refractivity contribution in [3.63, 3.8) is 0 Å². The molecule has 2 aliphatic carbocycles. The molecule has 2 fully saturated rings. The summed E-state index contributed by atoms with van der Waals surface area (Å²) < 4.78 is 2.64. The Hall–Kier alpha value is -1.48. The normalized spacial score (nSPS) is 23.7. The van der Waals surface area contributed by atoms with Crippen molar-refractivity contribution >= 4 is 22.5 Å². The minimum absolute atomic E-state index is 0.0564. The van der Waals surface area contributed by atoms with E-state index in [0.29, 0.717) is 0 Å². The summed E-state index contributed by atoms with van der Waals surface area (Å²) in [4.78, 5) is 2.64. The zero-order chi connectivity index (χ0) is 24.8. The van der Waals surface area contributed by atoms with Gasteiger partial charge in [0, 0.05) is 35.8 Å². The maximum atomic E-state index is 2.64. The summed E-state index contributed by atoms with van der Waals surface area (Å²) in [6, 6.07) is 9.12. The van der Waals surface area contributed by atoms with Gasteiger partial charge in [-0.15, -0.1) is 0 Å². The van der Waals surface area contributed by atoms with Gasteiger partial charge in [-0.25, -0.2) is 4.58 Å². The second-order valence-electron chi connectivity index (χ2n) is 12.3. The van der Waals surface area contributed by atoms with Crippen molar-refractivity contribution in [1.29, 1.82) is 0 Å². The Balaban J connectivity index is 1.24. The summed E-state index contributed by atoms with van der Waals surface area (Å²) in [6.07, 6.45) is 25.9. The molecule has 0 atom stereocenters. The van der Waals surface area contributed by atoms with Crippen molar-refractivity contribution in [2.24, 2.45) is 11.8 Å². The number of fused-ring (bicyclic) bond motifs is 1. The number of allylic oxidation sites excluding steroid dienone is 3. The summed E-state index contributed by atoms with van der Waals surface area (Å²) >= 11 is 2.05. The van der Waals surface area contributed by atoms with E-state index in [1.54, 1.807) is 0 Å². The highest BCUT2D eigenvalue weighted by atomic mass is 32.2. The van der Waals surface area contributed by atoms with E-state index >= 15 is 0 Å². The van der Waals surface area contributed by atoms with Crippen molar-refractivity contribution < 1.29 is 4.58 Å². The van der Waals surface area contributed by atoms with E-state index in [2.05, 4.69) is 65.8 Å². The predicted octanol–water partition coefficient (Wildman–Crippen LogP) is 8.71. The van der Waals surface area contributed by atoms with E-state index in [0.717, 1.165) is 18.4 Å². The number of hydrogen-bond donors (Lipinski definition) is 0. The van der Waals surface area contributed by atoms with Crippen LogP contribution in [0.25, 0.3) is 0 Å². The van der Waals surface area contributed by atoms with Crippen LogP contribution in [-0.4, -0.2) is 35.0 Å². The molecule has 196 valence electrons. The van der Waals surface area contributed by atoms with Crippen LogP contribution < -0.4 is 4.90 Å². The van der Waals surface area contributed by atoms with Crippen molar-refractivity contribution in [3.05, 3.63) is 53.8 Å². The van der Waals surface area contributed by atoms with E-state index in [4.69, 9.17) is 0 Å². The summed E-state index contributed by atoms with van der Waals surface area (Å²) in [5.74, 6) is 3.26. The van der Waals surface area contributed by atoms with Gasteiger partial charge in [-0.2, -0.15) is 0 Å². The zero-order valence-corrected chi connectivity index (χ0v) is 23.8. The number of thioether (sulfide) groups is 1. The van der Waals surface area contributed by atoms with Crippen molar-refractivity contribution in [3.8, 4) is 0 Å². The lowest BCUT2D eigenvalue weighted by Crippen LogP contribution is -2.27. The van der Waals surface area contributed by atoms with Gasteiger partial charge in [-0.3, -0.25) is 0 Å². The standard InChI is InChI=1S/C33H49N2S/c1-33(2)29-19-7-8-20-30(29)35(24-10-9-17-27-13-3-4-14-27)31(33)21-11-22-32-34(25-26-36-32)23-12-18-28-15-5-6-16-28/h7-8,11,19-22,27-28H,3-6,9-10,12-18,23-26H2,1-2H3/q+1. The van der Waals surface area contributed by atoms with Crippen LogP contribution in [0, 0.1) is 11.8 Å². The van der Waals surface area contributed by atoms with Gasteiger partial charge in [-0.05, 0) is 42.4 Å². The van der Waals surface area contributed by atoms with Crippen LogP contribution in [0.5, 0.6) is 0 Å². The molecular weight excluding hydrogens is 456 g/mol. The topological polar surface area (TPSA) is 6.25 Å². The Bertz CT molecular complexity index is 960. The Morgan fingerprint density at radius 1 is 0.944 bits per heavy atom. The molecule has 0 spiro atoms. The fourth-order valence-electron chi connectivity index (χ4n) is 7.31. The van der Waals surface area contributed by atoms with Crippen molar-refractivity contribution in [2.75, 3.05) is 30.3 Å². The largest absolute Gasteiger partial charge is 0.344 e. The molecular formula is C33H49N2S+. The van der Waals surface area contributed by atoms with Crippen molar-refractivity contribution in [2.45, 2.75) is 103 Å². The molecule has 2 aliphatic heterocycles. The highest BCUT2D eigenvalue weighted by Gasteiger charge is 2.39. The Morgan fingerprint density at radius 2 is 1.64 bits per heavy atom. The Labute approximate surface area is 225 Å². The van der Waals surface area contributed by atoms with E-state index in [1.165, 1.54) is 124 Å². The average molecular weight is 506 g/mol. The second-order valence-corrected chi connectivity index (χ2v) is 13.4. The quantitative estimate of drug-likeness (QED) is 0.219. The molecule has 1 aromatic carbocycles. The monoisotopic (exact) mass is 505 g/mol. The first-order valence-electron chi connectivity index (χ1n) is 15.1. The third kappa shape index (κ3) is 6.14. The molecule has 2 nitrogen and oxygen atoms in total. The van der Waals surface area contributed by atoms with Gasteiger partial charge in [-0.1, -0.05) is 114 Å². The molecule has 4 aliphatic rings. The van der Waals surface area contributed by atoms with E-state index in [1.807, 2.05) is 11.8 Å². The lowest BCUT2D eigenvalue weighted by atomic mass is 9.84. The van der Waals surface area contributed by atoms with Gasteiger partial charge in [0.05, 0.1) is 5.75 Å². The summed E-state index contributed by atoms with van der Waals surface area (Å²) in [5, 5.41) is 1.48. The fraction of sp³-hybridized carbons (Fsp3) is 0.667. The molecule has 0 radical (unpaired) electrons. The highest BCUT2D eigenvalue weighted by Crippen LogP contribution is 2.47. The van der Waals surface area contributed by atoms with Crippen molar-refractivity contribution in [1.82, 2.24) is 0 Å². The molecule has 0 N–H and O–H groups in total. The number of rotatable bonds is 11. The summed E-state index contributed by atoms with van der Waals surface area (Å²) in [7, 11) is 0. The van der Waals surface area contributed by atoms with E-state index in [9.17, 15) is 0 Å². The van der Waals surface area contributed by atoms with Gasteiger partial charge in [0.2, 0.25) is 5.04 Å². The lowest BCUT2D eigenvalue weighted by Gasteiger charge is -2.27.